The normalized spacial score (nSPS) is 16.6. The number of carbonyl (C=O) groups is 1. The molecule has 0 aromatic heterocycles. The van der Waals surface area contributed by atoms with Crippen molar-refractivity contribution in [1.29, 1.82) is 0 Å². The van der Waals surface area contributed by atoms with Gasteiger partial charge in [-0.05, 0) is 50.6 Å². The van der Waals surface area contributed by atoms with E-state index < -0.39 is 26.3 Å². The third-order valence-corrected chi connectivity index (χ3v) is 6.30. The molecule has 142 valence electrons. The molecule has 0 unspecified atom stereocenters. The maximum absolute atomic E-state index is 13.8. The Morgan fingerprint density at radius 3 is 2.52 bits per heavy atom. The highest BCUT2D eigenvalue weighted by Crippen LogP contribution is 2.28. The highest BCUT2D eigenvalue weighted by molar-refractivity contribution is 7.92. The number of benzene rings is 1. The molecule has 1 fully saturated rings. The summed E-state index contributed by atoms with van der Waals surface area (Å²) >= 11 is 0. The maximum atomic E-state index is 13.8. The summed E-state index contributed by atoms with van der Waals surface area (Å²) in [7, 11) is -3.56. The third-order valence-electron chi connectivity index (χ3n) is 4.28. The molecule has 1 aromatic carbocycles. The Kier molecular flexibility index (Phi) is 7.64. The molecule has 0 atom stereocenters. The van der Waals surface area contributed by atoms with Crippen LogP contribution in [0.4, 0.5) is 4.39 Å². The fraction of sp³-hybridized carbons (Fsp3) is 0.562. The number of hydrogen-bond donors (Lipinski definition) is 2. The first-order valence-corrected chi connectivity index (χ1v) is 9.79. The molecule has 0 saturated carbocycles. The van der Waals surface area contributed by atoms with Gasteiger partial charge in [0, 0.05) is 12.8 Å². The van der Waals surface area contributed by atoms with Crippen LogP contribution in [0.25, 0.3) is 0 Å². The molecule has 0 bridgehead atoms. The summed E-state index contributed by atoms with van der Waals surface area (Å²) in [5.74, 6) is -0.886. The molecule has 0 spiro atoms. The number of carbonyl (C=O) groups excluding carboxylic acids is 1. The quantitative estimate of drug-likeness (QED) is 0.762. The van der Waals surface area contributed by atoms with Gasteiger partial charge in [0.25, 0.3) is 0 Å². The van der Waals surface area contributed by atoms with Crippen molar-refractivity contribution in [3.63, 3.8) is 0 Å². The average molecular weight is 395 g/mol. The molecule has 9 heteroatoms. The van der Waals surface area contributed by atoms with Crippen molar-refractivity contribution in [2.75, 3.05) is 26.0 Å². The van der Waals surface area contributed by atoms with Crippen molar-refractivity contribution in [2.24, 2.45) is 0 Å². The summed E-state index contributed by atoms with van der Waals surface area (Å²) in [6.07, 6.45) is 1.55. The molecule has 2 rings (SSSR count). The van der Waals surface area contributed by atoms with Crippen molar-refractivity contribution in [2.45, 2.75) is 31.1 Å². The number of amides is 1. The molecule has 0 radical (unpaired) electrons. The SMILES string of the molecule is CCOc1ccc(CNC(=O)C2(S(C)(=O)=O)CCNCC2)cc1F.Cl. The molecule has 25 heavy (non-hydrogen) atoms. The first-order valence-electron chi connectivity index (χ1n) is 7.90. The lowest BCUT2D eigenvalue weighted by molar-refractivity contribution is -0.124. The van der Waals surface area contributed by atoms with E-state index in [0.717, 1.165) is 6.26 Å². The van der Waals surface area contributed by atoms with Gasteiger partial charge in [-0.3, -0.25) is 4.79 Å². The van der Waals surface area contributed by atoms with Crippen molar-refractivity contribution in [1.82, 2.24) is 10.6 Å². The lowest BCUT2D eigenvalue weighted by atomic mass is 9.95. The molecule has 1 aliphatic heterocycles. The van der Waals surface area contributed by atoms with Crippen molar-refractivity contribution >= 4 is 28.2 Å². The van der Waals surface area contributed by atoms with E-state index in [4.69, 9.17) is 4.74 Å². The maximum Gasteiger partial charge on any atom is 0.241 e. The zero-order valence-corrected chi connectivity index (χ0v) is 15.9. The van der Waals surface area contributed by atoms with E-state index in [1.54, 1.807) is 13.0 Å². The van der Waals surface area contributed by atoms with E-state index in [9.17, 15) is 17.6 Å². The van der Waals surface area contributed by atoms with Gasteiger partial charge in [0.05, 0.1) is 6.61 Å². The number of sulfone groups is 1. The van der Waals surface area contributed by atoms with Crippen LogP contribution in [0.3, 0.4) is 0 Å². The topological polar surface area (TPSA) is 84.5 Å². The van der Waals surface area contributed by atoms with Crippen LogP contribution in [0.1, 0.15) is 25.3 Å². The van der Waals surface area contributed by atoms with Gasteiger partial charge >= 0.3 is 0 Å². The van der Waals surface area contributed by atoms with Gasteiger partial charge < -0.3 is 15.4 Å². The number of ether oxygens (including phenoxy) is 1. The lowest BCUT2D eigenvalue weighted by Gasteiger charge is -2.34. The summed E-state index contributed by atoms with van der Waals surface area (Å²) in [4.78, 5) is 12.6. The van der Waals surface area contributed by atoms with Gasteiger partial charge in [-0.25, -0.2) is 12.8 Å². The highest BCUT2D eigenvalue weighted by atomic mass is 35.5. The number of rotatable bonds is 6. The fourth-order valence-electron chi connectivity index (χ4n) is 2.87. The smallest absolute Gasteiger partial charge is 0.241 e. The summed E-state index contributed by atoms with van der Waals surface area (Å²) in [6, 6.07) is 4.42. The van der Waals surface area contributed by atoms with Crippen molar-refractivity contribution in [3.8, 4) is 5.75 Å². The van der Waals surface area contributed by atoms with Crippen LogP contribution in [0.15, 0.2) is 18.2 Å². The zero-order chi connectivity index (χ0) is 17.8. The fourth-order valence-corrected chi connectivity index (χ4v) is 4.22. The largest absolute Gasteiger partial charge is 0.491 e. The van der Waals surface area contributed by atoms with E-state index in [1.807, 2.05) is 0 Å². The van der Waals surface area contributed by atoms with E-state index >= 15 is 0 Å². The van der Waals surface area contributed by atoms with Crippen LogP contribution >= 0.6 is 12.4 Å². The van der Waals surface area contributed by atoms with Gasteiger partial charge in [0.15, 0.2) is 26.2 Å². The summed E-state index contributed by atoms with van der Waals surface area (Å²) in [5.41, 5.74) is 0.543. The van der Waals surface area contributed by atoms with Gasteiger partial charge in [-0.1, -0.05) is 6.07 Å². The van der Waals surface area contributed by atoms with E-state index in [1.165, 1.54) is 12.1 Å². The molecular formula is C16H24ClFN2O4S. The lowest BCUT2D eigenvalue weighted by Crippen LogP contribution is -2.57. The Morgan fingerprint density at radius 2 is 2.00 bits per heavy atom. The molecule has 1 saturated heterocycles. The second-order valence-corrected chi connectivity index (χ2v) is 8.22. The Hall–Kier alpha value is -1.38. The standard InChI is InChI=1S/C16H23FN2O4S.ClH/c1-3-23-14-5-4-12(10-13(14)17)11-19-15(20)16(24(2,21)22)6-8-18-9-7-16;/h4-5,10,18H,3,6-9,11H2,1-2H3,(H,19,20);1H. The Labute approximate surface area is 153 Å². The minimum Gasteiger partial charge on any atom is -0.491 e. The number of piperidine rings is 1. The molecule has 1 heterocycles. The minimum atomic E-state index is -3.56. The van der Waals surface area contributed by atoms with Crippen LogP contribution in [0.2, 0.25) is 0 Å². The van der Waals surface area contributed by atoms with E-state index in [0.29, 0.717) is 25.3 Å². The molecule has 1 amide bonds. The van der Waals surface area contributed by atoms with Gasteiger partial charge in [0.2, 0.25) is 5.91 Å². The van der Waals surface area contributed by atoms with Crippen LogP contribution in [0, 0.1) is 5.82 Å². The summed E-state index contributed by atoms with van der Waals surface area (Å²) in [6.45, 7) is 3.12. The Morgan fingerprint density at radius 1 is 1.36 bits per heavy atom. The first kappa shape index (κ1) is 21.7. The Bertz CT molecular complexity index is 706. The second-order valence-electron chi connectivity index (χ2n) is 5.90. The molecule has 2 N–H and O–H groups in total. The van der Waals surface area contributed by atoms with Crippen LogP contribution in [-0.2, 0) is 21.2 Å². The van der Waals surface area contributed by atoms with Gasteiger partial charge in [-0.15, -0.1) is 12.4 Å². The monoisotopic (exact) mass is 394 g/mol. The third kappa shape index (κ3) is 4.83. The second kappa shape index (κ2) is 8.82. The summed E-state index contributed by atoms with van der Waals surface area (Å²) in [5, 5.41) is 5.70. The summed E-state index contributed by atoms with van der Waals surface area (Å²) < 4.78 is 41.9. The molecule has 1 aromatic rings. The van der Waals surface area contributed by atoms with Gasteiger partial charge in [0.1, 0.15) is 0 Å². The van der Waals surface area contributed by atoms with Crippen molar-refractivity contribution < 1.29 is 22.3 Å². The van der Waals surface area contributed by atoms with Crippen LogP contribution in [0.5, 0.6) is 5.75 Å². The number of halogens is 2. The Balaban J connectivity index is 0.00000312. The molecular weight excluding hydrogens is 371 g/mol. The number of hydrogen-bond acceptors (Lipinski definition) is 5. The van der Waals surface area contributed by atoms with Gasteiger partial charge in [-0.2, -0.15) is 0 Å². The van der Waals surface area contributed by atoms with E-state index in [2.05, 4.69) is 10.6 Å². The highest BCUT2D eigenvalue weighted by Gasteiger charge is 2.48. The average Bonchev–Trinajstić information content (AvgIpc) is 2.54. The van der Waals surface area contributed by atoms with Crippen LogP contribution < -0.4 is 15.4 Å². The predicted molar refractivity (Wildman–Crippen MR) is 96.3 cm³/mol. The van der Waals surface area contributed by atoms with Crippen LogP contribution in [-0.4, -0.2) is 45.0 Å². The molecule has 1 aliphatic rings. The first-order chi connectivity index (χ1) is 11.3. The molecule has 0 aliphatic carbocycles. The zero-order valence-electron chi connectivity index (χ0n) is 14.3. The minimum absolute atomic E-state index is 0. The van der Waals surface area contributed by atoms with E-state index in [-0.39, 0.29) is 37.5 Å². The predicted octanol–water partition coefficient (Wildman–Crippen LogP) is 1.43. The molecule has 6 nitrogen and oxygen atoms in total. The van der Waals surface area contributed by atoms with Crippen molar-refractivity contribution in [3.05, 3.63) is 29.6 Å². The number of nitrogens with one attached hydrogen (secondary N) is 2.